The predicted octanol–water partition coefficient (Wildman–Crippen LogP) is 1.06. The quantitative estimate of drug-likeness (QED) is 0.897. The first kappa shape index (κ1) is 14.2. The van der Waals surface area contributed by atoms with Crippen LogP contribution in [0.2, 0.25) is 0 Å². The minimum atomic E-state index is -3.71. The molecule has 1 aromatic rings. The SMILES string of the molecule is CC1CC(Oc2ccc(S(N)(=O)=O)cn2)CC(C)O1. The second-order valence-electron chi connectivity index (χ2n) is 4.85. The van der Waals surface area contributed by atoms with Gasteiger partial charge >= 0.3 is 0 Å². The molecule has 2 rings (SSSR count). The average Bonchev–Trinajstić information content (AvgIpc) is 2.26. The van der Waals surface area contributed by atoms with Crippen LogP contribution in [0.5, 0.6) is 5.88 Å². The zero-order valence-corrected chi connectivity index (χ0v) is 11.8. The van der Waals surface area contributed by atoms with E-state index in [1.54, 1.807) is 0 Å². The average molecular weight is 286 g/mol. The fourth-order valence-corrected chi connectivity index (χ4v) is 2.67. The lowest BCUT2D eigenvalue weighted by molar-refractivity contribution is -0.0729. The third-order valence-electron chi connectivity index (χ3n) is 2.98. The molecule has 1 saturated heterocycles. The first-order valence-corrected chi connectivity index (χ1v) is 7.70. The Hall–Kier alpha value is -1.18. The van der Waals surface area contributed by atoms with Crippen molar-refractivity contribution in [1.82, 2.24) is 4.98 Å². The Kier molecular flexibility index (Phi) is 4.07. The van der Waals surface area contributed by atoms with Gasteiger partial charge in [-0.1, -0.05) is 0 Å². The summed E-state index contributed by atoms with van der Waals surface area (Å²) in [5, 5.41) is 5.00. The van der Waals surface area contributed by atoms with E-state index in [1.807, 2.05) is 13.8 Å². The maximum absolute atomic E-state index is 11.1. The van der Waals surface area contributed by atoms with Gasteiger partial charge in [0.15, 0.2) is 0 Å². The summed E-state index contributed by atoms with van der Waals surface area (Å²) in [6.07, 6.45) is 3.13. The van der Waals surface area contributed by atoms with Gasteiger partial charge in [-0.15, -0.1) is 0 Å². The van der Waals surface area contributed by atoms with E-state index < -0.39 is 10.0 Å². The van der Waals surface area contributed by atoms with Crippen molar-refractivity contribution in [2.24, 2.45) is 5.14 Å². The topological polar surface area (TPSA) is 91.5 Å². The molecule has 2 N–H and O–H groups in total. The highest BCUT2D eigenvalue weighted by Gasteiger charge is 2.26. The Morgan fingerprint density at radius 2 is 1.95 bits per heavy atom. The number of pyridine rings is 1. The molecule has 7 heteroatoms. The minimum absolute atomic E-state index is 0.0198. The van der Waals surface area contributed by atoms with Crippen LogP contribution in [0.4, 0.5) is 0 Å². The number of hydrogen-bond donors (Lipinski definition) is 1. The molecule has 1 aliphatic rings. The van der Waals surface area contributed by atoms with Gasteiger partial charge in [0, 0.05) is 18.9 Å². The van der Waals surface area contributed by atoms with Crippen molar-refractivity contribution in [3.05, 3.63) is 18.3 Å². The lowest BCUT2D eigenvalue weighted by atomic mass is 10.0. The molecule has 0 bridgehead atoms. The van der Waals surface area contributed by atoms with Crippen molar-refractivity contribution in [1.29, 1.82) is 0 Å². The molecule has 2 atom stereocenters. The largest absolute Gasteiger partial charge is 0.474 e. The molecule has 2 unspecified atom stereocenters. The Labute approximate surface area is 113 Å². The summed E-state index contributed by atoms with van der Waals surface area (Å²) in [5.41, 5.74) is 0. The van der Waals surface area contributed by atoms with Crippen LogP contribution in [-0.4, -0.2) is 31.7 Å². The van der Waals surface area contributed by atoms with Gasteiger partial charge in [0.05, 0.1) is 18.4 Å². The molecule has 19 heavy (non-hydrogen) atoms. The Morgan fingerprint density at radius 1 is 1.32 bits per heavy atom. The molecule has 0 aromatic carbocycles. The van der Waals surface area contributed by atoms with Crippen molar-refractivity contribution in [3.8, 4) is 5.88 Å². The third kappa shape index (κ3) is 3.89. The molecule has 0 spiro atoms. The summed E-state index contributed by atoms with van der Waals surface area (Å²) in [6.45, 7) is 4.01. The summed E-state index contributed by atoms with van der Waals surface area (Å²) in [5.74, 6) is 0.402. The number of ether oxygens (including phenoxy) is 2. The molecule has 0 radical (unpaired) electrons. The van der Waals surface area contributed by atoms with Crippen molar-refractivity contribution in [2.75, 3.05) is 0 Å². The van der Waals surface area contributed by atoms with Gasteiger partial charge in [-0.05, 0) is 19.9 Å². The van der Waals surface area contributed by atoms with E-state index in [1.165, 1.54) is 18.3 Å². The Bertz CT molecular complexity index is 519. The number of sulfonamides is 1. The van der Waals surface area contributed by atoms with E-state index in [2.05, 4.69) is 4.98 Å². The summed E-state index contributed by atoms with van der Waals surface area (Å²) in [4.78, 5) is 3.95. The summed E-state index contributed by atoms with van der Waals surface area (Å²) in [7, 11) is -3.71. The van der Waals surface area contributed by atoms with Gasteiger partial charge in [-0.25, -0.2) is 18.5 Å². The molecule has 1 aliphatic heterocycles. The number of hydrogen-bond acceptors (Lipinski definition) is 5. The van der Waals surface area contributed by atoms with Gasteiger partial charge in [0.25, 0.3) is 0 Å². The zero-order chi connectivity index (χ0) is 14.0. The van der Waals surface area contributed by atoms with Gasteiger partial charge in [0.1, 0.15) is 11.0 Å². The first-order chi connectivity index (χ1) is 8.84. The number of nitrogens with two attached hydrogens (primary N) is 1. The third-order valence-corrected chi connectivity index (χ3v) is 3.88. The van der Waals surface area contributed by atoms with Crippen LogP contribution in [-0.2, 0) is 14.8 Å². The number of aromatic nitrogens is 1. The van der Waals surface area contributed by atoms with Crippen molar-refractivity contribution in [3.63, 3.8) is 0 Å². The summed E-state index contributed by atoms with van der Waals surface area (Å²) >= 11 is 0. The zero-order valence-electron chi connectivity index (χ0n) is 10.9. The predicted molar refractivity (Wildman–Crippen MR) is 69.3 cm³/mol. The standard InChI is InChI=1S/C12H18N2O4S/c1-8-5-10(6-9(2)17-8)18-12-4-3-11(7-14-12)19(13,15)16/h3-4,7-10H,5-6H2,1-2H3,(H2,13,15,16). The molecule has 2 heterocycles. The fourth-order valence-electron chi connectivity index (χ4n) is 2.22. The molecule has 1 aromatic heterocycles. The molecular formula is C12H18N2O4S. The lowest BCUT2D eigenvalue weighted by Crippen LogP contribution is -2.35. The molecular weight excluding hydrogens is 268 g/mol. The maximum Gasteiger partial charge on any atom is 0.239 e. The van der Waals surface area contributed by atoms with E-state index in [0.29, 0.717) is 5.88 Å². The second kappa shape index (κ2) is 5.44. The van der Waals surface area contributed by atoms with Crippen LogP contribution in [0.25, 0.3) is 0 Å². The Morgan fingerprint density at radius 3 is 2.42 bits per heavy atom. The minimum Gasteiger partial charge on any atom is -0.474 e. The van der Waals surface area contributed by atoms with Crippen LogP contribution in [0.15, 0.2) is 23.2 Å². The summed E-state index contributed by atoms with van der Waals surface area (Å²) in [6, 6.07) is 2.91. The second-order valence-corrected chi connectivity index (χ2v) is 6.41. The van der Waals surface area contributed by atoms with Crippen molar-refractivity contribution < 1.29 is 17.9 Å². The van der Waals surface area contributed by atoms with Crippen LogP contribution in [0, 0.1) is 0 Å². The highest BCUT2D eigenvalue weighted by atomic mass is 32.2. The van der Waals surface area contributed by atoms with E-state index in [9.17, 15) is 8.42 Å². The maximum atomic E-state index is 11.1. The van der Waals surface area contributed by atoms with Gasteiger partial charge < -0.3 is 9.47 Å². The van der Waals surface area contributed by atoms with E-state index in [0.717, 1.165) is 12.8 Å². The van der Waals surface area contributed by atoms with Crippen molar-refractivity contribution >= 4 is 10.0 Å². The van der Waals surface area contributed by atoms with Crippen LogP contribution in [0.1, 0.15) is 26.7 Å². The molecule has 0 aliphatic carbocycles. The van der Waals surface area contributed by atoms with Gasteiger partial charge in [0.2, 0.25) is 15.9 Å². The van der Waals surface area contributed by atoms with Gasteiger partial charge in [-0.2, -0.15) is 0 Å². The molecule has 0 saturated carbocycles. The van der Waals surface area contributed by atoms with Crippen molar-refractivity contribution in [2.45, 2.75) is 49.9 Å². The van der Waals surface area contributed by atoms with E-state index in [-0.39, 0.29) is 23.2 Å². The van der Waals surface area contributed by atoms with E-state index in [4.69, 9.17) is 14.6 Å². The number of primary sulfonamides is 1. The van der Waals surface area contributed by atoms with E-state index >= 15 is 0 Å². The van der Waals surface area contributed by atoms with Crippen LogP contribution in [0.3, 0.4) is 0 Å². The number of nitrogens with zero attached hydrogens (tertiary/aromatic N) is 1. The Balaban J connectivity index is 2.03. The monoisotopic (exact) mass is 286 g/mol. The molecule has 6 nitrogen and oxygen atoms in total. The smallest absolute Gasteiger partial charge is 0.239 e. The first-order valence-electron chi connectivity index (χ1n) is 6.15. The number of rotatable bonds is 3. The highest BCUT2D eigenvalue weighted by Crippen LogP contribution is 2.23. The molecule has 0 amide bonds. The summed E-state index contributed by atoms with van der Waals surface area (Å²) < 4.78 is 33.6. The molecule has 106 valence electrons. The van der Waals surface area contributed by atoms with Crippen LogP contribution >= 0.6 is 0 Å². The molecule has 1 fully saturated rings. The lowest BCUT2D eigenvalue weighted by Gasteiger charge is -2.31. The van der Waals surface area contributed by atoms with Gasteiger partial charge in [-0.3, -0.25) is 0 Å². The highest BCUT2D eigenvalue weighted by molar-refractivity contribution is 7.89. The normalized spacial score (nSPS) is 28.1. The van der Waals surface area contributed by atoms with Crippen LogP contribution < -0.4 is 9.88 Å². The fraction of sp³-hybridized carbons (Fsp3) is 0.583.